The van der Waals surface area contributed by atoms with Gasteiger partial charge in [-0.3, -0.25) is 9.59 Å². The van der Waals surface area contributed by atoms with Crippen LogP contribution in [-0.4, -0.2) is 42.7 Å². The molecule has 0 bridgehead atoms. The lowest BCUT2D eigenvalue weighted by atomic mass is 10.1. The van der Waals surface area contributed by atoms with Crippen molar-refractivity contribution >= 4 is 35.2 Å². The second-order valence-electron chi connectivity index (χ2n) is 6.81. The lowest BCUT2D eigenvalue weighted by Gasteiger charge is -2.30. The van der Waals surface area contributed by atoms with Crippen molar-refractivity contribution in [2.45, 2.75) is 43.7 Å². The molecule has 0 heterocycles. The number of hydrogen-bond donors (Lipinski definition) is 1. The standard InChI is InChI=1S/C23H29ClN2O3S/c1-4-21(23(28)25-2)26(16-17-7-11-19(29-3)12-8-17)22(27)6-5-15-30-20-13-9-18(24)10-14-20/h7-14,21H,4-6,15-16H2,1-3H3,(H,25,28)/t21-/m1/s1. The molecule has 0 unspecified atom stereocenters. The highest BCUT2D eigenvalue weighted by molar-refractivity contribution is 7.99. The molecular weight excluding hydrogens is 420 g/mol. The van der Waals surface area contributed by atoms with Gasteiger partial charge in [-0.05, 0) is 60.6 Å². The van der Waals surface area contributed by atoms with E-state index in [1.807, 2.05) is 55.5 Å². The number of hydrogen-bond acceptors (Lipinski definition) is 4. The maximum atomic E-state index is 13.0. The zero-order valence-electron chi connectivity index (χ0n) is 17.7. The largest absolute Gasteiger partial charge is 0.497 e. The van der Waals surface area contributed by atoms with Crippen molar-refractivity contribution in [3.05, 3.63) is 59.1 Å². The van der Waals surface area contributed by atoms with Crippen LogP contribution in [0.25, 0.3) is 0 Å². The molecule has 0 saturated heterocycles. The first-order valence-electron chi connectivity index (χ1n) is 10.0. The van der Waals surface area contributed by atoms with Gasteiger partial charge in [0.25, 0.3) is 0 Å². The van der Waals surface area contributed by atoms with E-state index in [9.17, 15) is 9.59 Å². The van der Waals surface area contributed by atoms with Crippen LogP contribution in [0.2, 0.25) is 5.02 Å². The molecule has 162 valence electrons. The van der Waals surface area contributed by atoms with E-state index in [0.717, 1.165) is 28.4 Å². The molecule has 1 N–H and O–H groups in total. The molecule has 1 atom stereocenters. The van der Waals surface area contributed by atoms with Crippen LogP contribution in [0.4, 0.5) is 0 Å². The zero-order valence-corrected chi connectivity index (χ0v) is 19.3. The van der Waals surface area contributed by atoms with Gasteiger partial charge < -0.3 is 15.0 Å². The summed E-state index contributed by atoms with van der Waals surface area (Å²) >= 11 is 7.61. The predicted molar refractivity (Wildman–Crippen MR) is 123 cm³/mol. The van der Waals surface area contributed by atoms with E-state index in [-0.39, 0.29) is 11.8 Å². The van der Waals surface area contributed by atoms with Crippen LogP contribution in [0, 0.1) is 0 Å². The van der Waals surface area contributed by atoms with Crippen molar-refractivity contribution in [3.63, 3.8) is 0 Å². The Labute approximate surface area is 188 Å². The summed E-state index contributed by atoms with van der Waals surface area (Å²) in [5, 5.41) is 3.39. The summed E-state index contributed by atoms with van der Waals surface area (Å²) in [5.74, 6) is 1.42. The molecule has 0 aromatic heterocycles. The molecule has 7 heteroatoms. The second-order valence-corrected chi connectivity index (χ2v) is 8.42. The van der Waals surface area contributed by atoms with Gasteiger partial charge in [0, 0.05) is 29.9 Å². The molecule has 2 aromatic rings. The summed E-state index contributed by atoms with van der Waals surface area (Å²) in [6.45, 7) is 2.31. The molecule has 0 spiro atoms. The normalized spacial score (nSPS) is 11.6. The molecule has 2 rings (SSSR count). The number of rotatable bonds is 11. The Morgan fingerprint density at radius 1 is 1.13 bits per heavy atom. The van der Waals surface area contributed by atoms with Gasteiger partial charge in [-0.1, -0.05) is 30.7 Å². The van der Waals surface area contributed by atoms with Crippen LogP contribution in [0.15, 0.2) is 53.4 Å². The molecule has 0 aliphatic carbocycles. The molecule has 0 aliphatic rings. The van der Waals surface area contributed by atoms with Gasteiger partial charge in [-0.2, -0.15) is 0 Å². The number of thioether (sulfide) groups is 1. The van der Waals surface area contributed by atoms with Crippen molar-refractivity contribution in [2.24, 2.45) is 0 Å². The smallest absolute Gasteiger partial charge is 0.242 e. The Morgan fingerprint density at radius 3 is 2.37 bits per heavy atom. The van der Waals surface area contributed by atoms with Gasteiger partial charge in [0.15, 0.2) is 0 Å². The van der Waals surface area contributed by atoms with Crippen LogP contribution in [0.3, 0.4) is 0 Å². The minimum Gasteiger partial charge on any atom is -0.497 e. The Kier molecular flexibility index (Phi) is 10.0. The fourth-order valence-corrected chi connectivity index (χ4v) is 4.08. The number of ether oxygens (including phenoxy) is 1. The van der Waals surface area contributed by atoms with Gasteiger partial charge >= 0.3 is 0 Å². The van der Waals surface area contributed by atoms with E-state index in [2.05, 4.69) is 5.32 Å². The highest BCUT2D eigenvalue weighted by atomic mass is 35.5. The number of likely N-dealkylation sites (N-methyl/N-ethyl adjacent to an activating group) is 1. The molecule has 0 saturated carbocycles. The molecule has 0 radical (unpaired) electrons. The average Bonchev–Trinajstić information content (AvgIpc) is 2.77. The molecule has 5 nitrogen and oxygen atoms in total. The fourth-order valence-electron chi connectivity index (χ4n) is 3.10. The third-order valence-electron chi connectivity index (χ3n) is 4.76. The van der Waals surface area contributed by atoms with E-state index in [4.69, 9.17) is 16.3 Å². The van der Waals surface area contributed by atoms with Crippen molar-refractivity contribution in [1.82, 2.24) is 10.2 Å². The van der Waals surface area contributed by atoms with Gasteiger partial charge in [-0.15, -0.1) is 11.8 Å². The first-order valence-corrected chi connectivity index (χ1v) is 11.4. The average molecular weight is 449 g/mol. The van der Waals surface area contributed by atoms with E-state index >= 15 is 0 Å². The SMILES string of the molecule is CC[C@H](C(=O)NC)N(Cc1ccc(OC)cc1)C(=O)CCCSc1ccc(Cl)cc1. The van der Waals surface area contributed by atoms with Crippen molar-refractivity contribution in [3.8, 4) is 5.75 Å². The van der Waals surface area contributed by atoms with Crippen LogP contribution in [0.5, 0.6) is 5.75 Å². The monoisotopic (exact) mass is 448 g/mol. The maximum Gasteiger partial charge on any atom is 0.242 e. The minimum atomic E-state index is -0.492. The number of benzene rings is 2. The van der Waals surface area contributed by atoms with Crippen LogP contribution >= 0.6 is 23.4 Å². The van der Waals surface area contributed by atoms with Crippen LogP contribution in [-0.2, 0) is 16.1 Å². The van der Waals surface area contributed by atoms with E-state index in [0.29, 0.717) is 24.4 Å². The lowest BCUT2D eigenvalue weighted by molar-refractivity contribution is -0.141. The molecule has 0 aliphatic heterocycles. The molecule has 30 heavy (non-hydrogen) atoms. The summed E-state index contributed by atoms with van der Waals surface area (Å²) < 4.78 is 5.20. The number of halogens is 1. The molecular formula is C23H29ClN2O3S. The topological polar surface area (TPSA) is 58.6 Å². The third kappa shape index (κ3) is 7.26. The van der Waals surface area contributed by atoms with Crippen molar-refractivity contribution < 1.29 is 14.3 Å². The number of amides is 2. The van der Waals surface area contributed by atoms with Gasteiger partial charge in [0.2, 0.25) is 11.8 Å². The van der Waals surface area contributed by atoms with Gasteiger partial charge in [-0.25, -0.2) is 0 Å². The first kappa shape index (κ1) is 24.1. The molecule has 0 fully saturated rings. The minimum absolute atomic E-state index is 0.0158. The number of nitrogens with zero attached hydrogens (tertiary/aromatic N) is 1. The van der Waals surface area contributed by atoms with E-state index in [1.54, 1.807) is 30.8 Å². The third-order valence-corrected chi connectivity index (χ3v) is 6.11. The van der Waals surface area contributed by atoms with Crippen molar-refractivity contribution in [1.29, 1.82) is 0 Å². The van der Waals surface area contributed by atoms with Crippen LogP contribution < -0.4 is 10.1 Å². The number of methoxy groups -OCH3 is 1. The maximum absolute atomic E-state index is 13.0. The Bertz CT molecular complexity index is 812. The van der Waals surface area contributed by atoms with Crippen LogP contribution in [0.1, 0.15) is 31.7 Å². The highest BCUT2D eigenvalue weighted by Gasteiger charge is 2.27. The summed E-state index contributed by atoms with van der Waals surface area (Å²) in [6.07, 6.45) is 1.68. The fraction of sp³-hybridized carbons (Fsp3) is 0.391. The van der Waals surface area contributed by atoms with E-state index < -0.39 is 6.04 Å². The Balaban J connectivity index is 2.01. The lowest BCUT2D eigenvalue weighted by Crippen LogP contribution is -2.48. The first-order chi connectivity index (χ1) is 14.5. The van der Waals surface area contributed by atoms with Crippen molar-refractivity contribution in [2.75, 3.05) is 19.9 Å². The summed E-state index contributed by atoms with van der Waals surface area (Å²) in [4.78, 5) is 28.2. The summed E-state index contributed by atoms with van der Waals surface area (Å²) in [7, 11) is 3.22. The van der Waals surface area contributed by atoms with E-state index in [1.165, 1.54) is 0 Å². The predicted octanol–water partition coefficient (Wildman–Crippen LogP) is 4.77. The molecule has 2 amide bonds. The number of carbonyl (C=O) groups excluding carboxylic acids is 2. The quantitative estimate of drug-likeness (QED) is 0.397. The number of carbonyl (C=O) groups is 2. The molecule has 2 aromatic carbocycles. The number of nitrogens with one attached hydrogen (secondary N) is 1. The zero-order chi connectivity index (χ0) is 21.9. The summed E-state index contributed by atoms with van der Waals surface area (Å²) in [5.41, 5.74) is 0.960. The van der Waals surface area contributed by atoms with Gasteiger partial charge in [0.1, 0.15) is 11.8 Å². The second kappa shape index (κ2) is 12.5. The highest BCUT2D eigenvalue weighted by Crippen LogP contribution is 2.22. The van der Waals surface area contributed by atoms with Gasteiger partial charge in [0.05, 0.1) is 7.11 Å². The summed E-state index contributed by atoms with van der Waals surface area (Å²) in [6, 6.07) is 14.8. The Hall–Kier alpha value is -2.18. The Morgan fingerprint density at radius 2 is 1.80 bits per heavy atom.